The van der Waals surface area contributed by atoms with Crippen LogP contribution in [0.25, 0.3) is 0 Å². The van der Waals surface area contributed by atoms with Crippen LogP contribution in [0, 0.1) is 5.92 Å². The van der Waals surface area contributed by atoms with E-state index in [2.05, 4.69) is 36.6 Å². The fraction of sp³-hybridized carbons (Fsp3) is 0.562. The number of hydrogen-bond donors (Lipinski definition) is 2. The van der Waals surface area contributed by atoms with Gasteiger partial charge in [-0.15, -0.1) is 0 Å². The first kappa shape index (κ1) is 13.9. The van der Waals surface area contributed by atoms with Crippen molar-refractivity contribution in [2.45, 2.75) is 45.1 Å². The zero-order valence-corrected chi connectivity index (χ0v) is 11.9. The van der Waals surface area contributed by atoms with Gasteiger partial charge in [-0.25, -0.2) is 4.79 Å². The van der Waals surface area contributed by atoms with E-state index in [1.807, 2.05) is 18.2 Å². The summed E-state index contributed by atoms with van der Waals surface area (Å²) < 4.78 is 0. The van der Waals surface area contributed by atoms with E-state index < -0.39 is 0 Å². The van der Waals surface area contributed by atoms with Crippen LogP contribution in [-0.4, -0.2) is 12.6 Å². The normalized spacial score (nSPS) is 16.8. The standard InChI is InChI=1S/C16H24N2O/c1-13(2)9-12-17-15(19)18-16(10-6-11-16)14-7-4-3-5-8-14/h3-5,7-8,13H,6,9-12H2,1-2H3,(H2,17,18,19). The van der Waals surface area contributed by atoms with Crippen LogP contribution in [-0.2, 0) is 5.54 Å². The summed E-state index contributed by atoms with van der Waals surface area (Å²) in [5, 5.41) is 6.13. The Morgan fingerprint density at radius 1 is 1.26 bits per heavy atom. The van der Waals surface area contributed by atoms with E-state index in [0.717, 1.165) is 25.8 Å². The van der Waals surface area contributed by atoms with E-state index in [1.165, 1.54) is 12.0 Å². The topological polar surface area (TPSA) is 41.1 Å². The van der Waals surface area contributed by atoms with Crippen LogP contribution in [0.4, 0.5) is 4.79 Å². The van der Waals surface area contributed by atoms with Crippen LogP contribution in [0.15, 0.2) is 30.3 Å². The molecule has 3 heteroatoms. The van der Waals surface area contributed by atoms with E-state index in [4.69, 9.17) is 0 Å². The average Bonchev–Trinajstić information content (AvgIpc) is 2.34. The molecule has 0 bridgehead atoms. The summed E-state index contributed by atoms with van der Waals surface area (Å²) in [6, 6.07) is 10.3. The number of urea groups is 1. The maximum absolute atomic E-state index is 12.0. The zero-order chi connectivity index (χ0) is 13.7. The molecule has 1 fully saturated rings. The van der Waals surface area contributed by atoms with Gasteiger partial charge < -0.3 is 10.6 Å². The molecule has 1 aliphatic carbocycles. The van der Waals surface area contributed by atoms with Crippen LogP contribution >= 0.6 is 0 Å². The predicted molar refractivity (Wildman–Crippen MR) is 78.0 cm³/mol. The van der Waals surface area contributed by atoms with Gasteiger partial charge in [0.15, 0.2) is 0 Å². The van der Waals surface area contributed by atoms with Gasteiger partial charge >= 0.3 is 6.03 Å². The monoisotopic (exact) mass is 260 g/mol. The summed E-state index contributed by atoms with van der Waals surface area (Å²) in [4.78, 5) is 12.0. The zero-order valence-electron chi connectivity index (χ0n) is 11.9. The lowest BCUT2D eigenvalue weighted by molar-refractivity contribution is 0.177. The number of nitrogens with one attached hydrogen (secondary N) is 2. The molecule has 2 rings (SSSR count). The van der Waals surface area contributed by atoms with Crippen molar-refractivity contribution in [2.75, 3.05) is 6.54 Å². The molecule has 0 heterocycles. The smallest absolute Gasteiger partial charge is 0.315 e. The summed E-state index contributed by atoms with van der Waals surface area (Å²) in [6.45, 7) is 5.07. The predicted octanol–water partition coefficient (Wildman–Crippen LogP) is 3.41. The number of amides is 2. The summed E-state index contributed by atoms with van der Waals surface area (Å²) in [7, 11) is 0. The van der Waals surface area contributed by atoms with Gasteiger partial charge in [0.1, 0.15) is 0 Å². The minimum atomic E-state index is -0.136. The van der Waals surface area contributed by atoms with Gasteiger partial charge in [-0.2, -0.15) is 0 Å². The van der Waals surface area contributed by atoms with Crippen molar-refractivity contribution < 1.29 is 4.79 Å². The average molecular weight is 260 g/mol. The third-order valence-electron chi connectivity index (χ3n) is 3.89. The largest absolute Gasteiger partial charge is 0.338 e. The van der Waals surface area contributed by atoms with E-state index in [9.17, 15) is 4.79 Å². The summed E-state index contributed by atoms with van der Waals surface area (Å²) in [5.74, 6) is 0.618. The van der Waals surface area contributed by atoms with E-state index in [1.54, 1.807) is 0 Å². The molecule has 0 spiro atoms. The fourth-order valence-corrected chi connectivity index (χ4v) is 2.51. The molecule has 2 amide bonds. The lowest BCUT2D eigenvalue weighted by atomic mass is 9.72. The Labute approximate surface area is 115 Å². The van der Waals surface area contributed by atoms with Gasteiger partial charge in [0.2, 0.25) is 0 Å². The third kappa shape index (κ3) is 3.49. The van der Waals surface area contributed by atoms with Crippen molar-refractivity contribution in [3.63, 3.8) is 0 Å². The second-order valence-electron chi connectivity index (χ2n) is 5.87. The van der Waals surface area contributed by atoms with Crippen LogP contribution < -0.4 is 10.6 Å². The highest BCUT2D eigenvalue weighted by atomic mass is 16.2. The molecular weight excluding hydrogens is 236 g/mol. The number of carbonyl (C=O) groups is 1. The SMILES string of the molecule is CC(C)CCNC(=O)NC1(c2ccccc2)CCC1. The number of rotatable bonds is 5. The number of hydrogen-bond acceptors (Lipinski definition) is 1. The quantitative estimate of drug-likeness (QED) is 0.837. The Bertz CT molecular complexity index is 410. The van der Waals surface area contributed by atoms with Crippen LogP contribution in [0.3, 0.4) is 0 Å². The molecule has 1 aliphatic rings. The molecule has 3 nitrogen and oxygen atoms in total. The first-order valence-corrected chi connectivity index (χ1v) is 7.24. The van der Waals surface area contributed by atoms with Crippen molar-refractivity contribution >= 4 is 6.03 Å². The second kappa shape index (κ2) is 6.09. The molecule has 0 aromatic heterocycles. The van der Waals surface area contributed by atoms with Crippen molar-refractivity contribution in [1.29, 1.82) is 0 Å². The van der Waals surface area contributed by atoms with Gasteiger partial charge in [-0.1, -0.05) is 44.2 Å². The second-order valence-corrected chi connectivity index (χ2v) is 5.87. The van der Waals surface area contributed by atoms with Crippen molar-refractivity contribution in [1.82, 2.24) is 10.6 Å². The highest BCUT2D eigenvalue weighted by Crippen LogP contribution is 2.40. The molecule has 1 aromatic carbocycles. The molecule has 0 aliphatic heterocycles. The summed E-state index contributed by atoms with van der Waals surface area (Å²) >= 11 is 0. The molecular formula is C16H24N2O. The summed E-state index contributed by atoms with van der Waals surface area (Å²) in [6.07, 6.45) is 4.27. The van der Waals surface area contributed by atoms with Gasteiger partial charge in [-0.05, 0) is 37.2 Å². The van der Waals surface area contributed by atoms with Crippen molar-refractivity contribution in [3.05, 3.63) is 35.9 Å². The van der Waals surface area contributed by atoms with Crippen molar-refractivity contribution in [2.24, 2.45) is 5.92 Å². The Morgan fingerprint density at radius 3 is 2.47 bits per heavy atom. The van der Waals surface area contributed by atoms with Crippen molar-refractivity contribution in [3.8, 4) is 0 Å². The molecule has 0 radical (unpaired) electrons. The minimum Gasteiger partial charge on any atom is -0.338 e. The third-order valence-corrected chi connectivity index (χ3v) is 3.89. The first-order valence-electron chi connectivity index (χ1n) is 7.24. The van der Waals surface area contributed by atoms with E-state index in [-0.39, 0.29) is 11.6 Å². The lowest BCUT2D eigenvalue weighted by Gasteiger charge is -2.43. The highest BCUT2D eigenvalue weighted by Gasteiger charge is 2.39. The number of carbonyl (C=O) groups excluding carboxylic acids is 1. The first-order chi connectivity index (χ1) is 9.12. The molecule has 104 valence electrons. The molecule has 1 aromatic rings. The Kier molecular flexibility index (Phi) is 4.46. The lowest BCUT2D eigenvalue weighted by Crippen LogP contribution is -2.54. The Balaban J connectivity index is 1.91. The Morgan fingerprint density at radius 2 is 1.95 bits per heavy atom. The van der Waals surface area contributed by atoms with E-state index in [0.29, 0.717) is 5.92 Å². The molecule has 0 saturated heterocycles. The number of benzene rings is 1. The highest BCUT2D eigenvalue weighted by molar-refractivity contribution is 5.75. The van der Waals surface area contributed by atoms with Gasteiger partial charge in [0.25, 0.3) is 0 Å². The minimum absolute atomic E-state index is 0.0378. The van der Waals surface area contributed by atoms with Gasteiger partial charge in [-0.3, -0.25) is 0 Å². The Hall–Kier alpha value is -1.51. The van der Waals surface area contributed by atoms with E-state index >= 15 is 0 Å². The molecule has 2 N–H and O–H groups in total. The maximum Gasteiger partial charge on any atom is 0.315 e. The van der Waals surface area contributed by atoms with Crippen LogP contribution in [0.5, 0.6) is 0 Å². The van der Waals surface area contributed by atoms with Gasteiger partial charge in [0.05, 0.1) is 5.54 Å². The van der Waals surface area contributed by atoms with Crippen LogP contribution in [0.1, 0.15) is 45.1 Å². The maximum atomic E-state index is 12.0. The molecule has 1 saturated carbocycles. The molecule has 0 atom stereocenters. The summed E-state index contributed by atoms with van der Waals surface area (Å²) in [5.41, 5.74) is 1.09. The fourth-order valence-electron chi connectivity index (χ4n) is 2.51. The van der Waals surface area contributed by atoms with Gasteiger partial charge in [0, 0.05) is 6.54 Å². The molecule has 0 unspecified atom stereocenters. The van der Waals surface area contributed by atoms with Crippen LogP contribution in [0.2, 0.25) is 0 Å². The molecule has 19 heavy (non-hydrogen) atoms.